The number of ether oxygens (including phenoxy) is 2. The third-order valence-corrected chi connectivity index (χ3v) is 3.55. The van der Waals surface area contributed by atoms with E-state index in [9.17, 15) is 14.4 Å². The molecule has 8 heteroatoms. The van der Waals surface area contributed by atoms with E-state index in [-0.39, 0.29) is 12.5 Å². The molecule has 0 unspecified atom stereocenters. The molecule has 29 heavy (non-hydrogen) atoms. The SMILES string of the molecule is COc1cccc(C(=O)Nc2ccc(NC(=O)CNC(=O)OC(C)(C)C)cc2)c1. The summed E-state index contributed by atoms with van der Waals surface area (Å²) < 4.78 is 10.2. The fourth-order valence-electron chi connectivity index (χ4n) is 2.28. The van der Waals surface area contributed by atoms with Crippen LogP contribution >= 0.6 is 0 Å². The molecule has 0 saturated heterocycles. The van der Waals surface area contributed by atoms with Crippen LogP contribution in [0.1, 0.15) is 31.1 Å². The predicted molar refractivity (Wildman–Crippen MR) is 110 cm³/mol. The summed E-state index contributed by atoms with van der Waals surface area (Å²) in [5.41, 5.74) is 0.934. The van der Waals surface area contributed by atoms with Crippen molar-refractivity contribution in [2.45, 2.75) is 26.4 Å². The largest absolute Gasteiger partial charge is 0.497 e. The molecule has 2 rings (SSSR count). The van der Waals surface area contributed by atoms with Crippen LogP contribution in [0.25, 0.3) is 0 Å². The highest BCUT2D eigenvalue weighted by molar-refractivity contribution is 6.04. The molecule has 3 N–H and O–H groups in total. The van der Waals surface area contributed by atoms with Crippen LogP contribution in [0.4, 0.5) is 16.2 Å². The Morgan fingerprint density at radius 2 is 1.55 bits per heavy atom. The molecule has 0 saturated carbocycles. The van der Waals surface area contributed by atoms with E-state index in [2.05, 4.69) is 16.0 Å². The smallest absolute Gasteiger partial charge is 0.408 e. The highest BCUT2D eigenvalue weighted by Gasteiger charge is 2.16. The van der Waals surface area contributed by atoms with Crippen molar-refractivity contribution in [1.29, 1.82) is 0 Å². The lowest BCUT2D eigenvalue weighted by molar-refractivity contribution is -0.115. The first-order valence-electron chi connectivity index (χ1n) is 8.98. The summed E-state index contributed by atoms with van der Waals surface area (Å²) in [6.45, 7) is 4.99. The van der Waals surface area contributed by atoms with E-state index in [1.807, 2.05) is 0 Å². The molecular weight excluding hydrogens is 374 g/mol. The maximum absolute atomic E-state index is 12.3. The fourth-order valence-corrected chi connectivity index (χ4v) is 2.28. The molecule has 0 atom stereocenters. The van der Waals surface area contributed by atoms with Crippen LogP contribution < -0.4 is 20.7 Å². The van der Waals surface area contributed by atoms with Crippen LogP contribution in [0.5, 0.6) is 5.75 Å². The van der Waals surface area contributed by atoms with Gasteiger partial charge in [0.2, 0.25) is 5.91 Å². The lowest BCUT2D eigenvalue weighted by Gasteiger charge is -2.19. The van der Waals surface area contributed by atoms with Crippen molar-refractivity contribution in [1.82, 2.24) is 5.32 Å². The molecule has 0 heterocycles. The van der Waals surface area contributed by atoms with Gasteiger partial charge in [-0.25, -0.2) is 4.79 Å². The number of amides is 3. The highest BCUT2D eigenvalue weighted by Crippen LogP contribution is 2.17. The molecule has 154 valence electrons. The Balaban J connectivity index is 1.85. The molecule has 0 aliphatic heterocycles. The summed E-state index contributed by atoms with van der Waals surface area (Å²) in [7, 11) is 1.53. The van der Waals surface area contributed by atoms with Crippen molar-refractivity contribution in [3.05, 3.63) is 54.1 Å². The van der Waals surface area contributed by atoms with Gasteiger partial charge in [-0.2, -0.15) is 0 Å². The number of carbonyl (C=O) groups is 3. The summed E-state index contributed by atoms with van der Waals surface area (Å²) in [6.07, 6.45) is -0.664. The summed E-state index contributed by atoms with van der Waals surface area (Å²) in [4.78, 5) is 35.8. The third kappa shape index (κ3) is 7.53. The first kappa shape index (κ1) is 21.7. The minimum absolute atomic E-state index is 0.219. The molecule has 0 radical (unpaired) electrons. The van der Waals surface area contributed by atoms with Gasteiger partial charge in [-0.05, 0) is 63.2 Å². The van der Waals surface area contributed by atoms with Gasteiger partial charge in [-0.1, -0.05) is 6.07 Å². The Labute approximate surface area is 169 Å². The normalized spacial score (nSPS) is 10.6. The zero-order chi connectivity index (χ0) is 21.4. The zero-order valence-electron chi connectivity index (χ0n) is 16.9. The van der Waals surface area contributed by atoms with Crippen molar-refractivity contribution in [2.75, 3.05) is 24.3 Å². The van der Waals surface area contributed by atoms with Gasteiger partial charge in [0.1, 0.15) is 17.9 Å². The van der Waals surface area contributed by atoms with Gasteiger partial charge in [-0.3, -0.25) is 9.59 Å². The number of nitrogens with one attached hydrogen (secondary N) is 3. The van der Waals surface area contributed by atoms with Crippen LogP contribution in [0.15, 0.2) is 48.5 Å². The average Bonchev–Trinajstić information content (AvgIpc) is 2.66. The molecule has 0 fully saturated rings. The summed E-state index contributed by atoms with van der Waals surface area (Å²) in [6, 6.07) is 13.4. The van der Waals surface area contributed by atoms with Crippen molar-refractivity contribution in [2.24, 2.45) is 0 Å². The highest BCUT2D eigenvalue weighted by atomic mass is 16.6. The lowest BCUT2D eigenvalue weighted by Crippen LogP contribution is -2.37. The maximum Gasteiger partial charge on any atom is 0.408 e. The van der Waals surface area contributed by atoms with E-state index >= 15 is 0 Å². The average molecular weight is 399 g/mol. The van der Waals surface area contributed by atoms with Crippen molar-refractivity contribution < 1.29 is 23.9 Å². The van der Waals surface area contributed by atoms with Crippen LogP contribution in [0, 0.1) is 0 Å². The Morgan fingerprint density at radius 1 is 0.931 bits per heavy atom. The molecule has 2 aromatic rings. The van der Waals surface area contributed by atoms with Crippen LogP contribution in [-0.2, 0) is 9.53 Å². The Kier molecular flexibility index (Phi) is 7.19. The Morgan fingerprint density at radius 3 is 2.14 bits per heavy atom. The van der Waals surface area contributed by atoms with E-state index in [4.69, 9.17) is 9.47 Å². The number of alkyl carbamates (subject to hydrolysis) is 1. The molecule has 0 aliphatic rings. The van der Waals surface area contributed by atoms with Gasteiger partial charge < -0.3 is 25.4 Å². The number of carbonyl (C=O) groups excluding carboxylic acids is 3. The molecule has 0 aliphatic carbocycles. The van der Waals surface area contributed by atoms with Crippen LogP contribution in [0.2, 0.25) is 0 Å². The number of hydrogen-bond donors (Lipinski definition) is 3. The zero-order valence-corrected chi connectivity index (χ0v) is 16.9. The minimum atomic E-state index is -0.664. The monoisotopic (exact) mass is 399 g/mol. The number of rotatable bonds is 6. The van der Waals surface area contributed by atoms with Crippen molar-refractivity contribution >= 4 is 29.3 Å². The molecule has 3 amide bonds. The first-order valence-corrected chi connectivity index (χ1v) is 8.98. The Hall–Kier alpha value is -3.55. The quantitative estimate of drug-likeness (QED) is 0.690. The predicted octanol–water partition coefficient (Wildman–Crippen LogP) is 3.41. The van der Waals surface area contributed by atoms with Gasteiger partial charge in [0.05, 0.1) is 7.11 Å². The van der Waals surface area contributed by atoms with Crippen LogP contribution in [-0.4, -0.2) is 37.2 Å². The first-order chi connectivity index (χ1) is 13.7. The van der Waals surface area contributed by atoms with Crippen molar-refractivity contribution in [3.63, 3.8) is 0 Å². The lowest BCUT2D eigenvalue weighted by atomic mass is 10.2. The maximum atomic E-state index is 12.3. The summed E-state index contributed by atoms with van der Waals surface area (Å²) in [5.74, 6) is -0.0815. The Bertz CT molecular complexity index is 873. The minimum Gasteiger partial charge on any atom is -0.497 e. The van der Waals surface area contributed by atoms with E-state index in [1.165, 1.54) is 7.11 Å². The molecule has 2 aromatic carbocycles. The van der Waals surface area contributed by atoms with E-state index in [1.54, 1.807) is 69.3 Å². The van der Waals surface area contributed by atoms with Gasteiger partial charge in [0.25, 0.3) is 5.91 Å². The molecule has 0 bridgehead atoms. The van der Waals surface area contributed by atoms with Gasteiger partial charge >= 0.3 is 6.09 Å². The molecule has 0 spiro atoms. The number of hydrogen-bond acceptors (Lipinski definition) is 5. The van der Waals surface area contributed by atoms with E-state index < -0.39 is 17.6 Å². The fraction of sp³-hybridized carbons (Fsp3) is 0.286. The molecular formula is C21H25N3O5. The van der Waals surface area contributed by atoms with Crippen LogP contribution in [0.3, 0.4) is 0 Å². The topological polar surface area (TPSA) is 106 Å². The standard InChI is InChI=1S/C21H25N3O5/c1-21(2,3)29-20(27)22-13-18(25)23-15-8-10-16(11-9-15)24-19(26)14-6-5-7-17(12-14)28-4/h5-12H,13H2,1-4H3,(H,22,27)(H,23,25)(H,24,26). The summed E-state index contributed by atoms with van der Waals surface area (Å²) in [5, 5.41) is 7.80. The second-order valence-corrected chi connectivity index (χ2v) is 7.17. The van der Waals surface area contributed by atoms with Crippen molar-refractivity contribution in [3.8, 4) is 5.75 Å². The second-order valence-electron chi connectivity index (χ2n) is 7.17. The summed E-state index contributed by atoms with van der Waals surface area (Å²) >= 11 is 0. The molecule has 0 aromatic heterocycles. The van der Waals surface area contributed by atoms with Gasteiger partial charge in [0, 0.05) is 16.9 Å². The second kappa shape index (κ2) is 9.59. The van der Waals surface area contributed by atoms with Gasteiger partial charge in [-0.15, -0.1) is 0 Å². The van der Waals surface area contributed by atoms with E-state index in [0.717, 1.165) is 0 Å². The third-order valence-electron chi connectivity index (χ3n) is 3.55. The number of anilines is 2. The number of methoxy groups -OCH3 is 1. The van der Waals surface area contributed by atoms with E-state index in [0.29, 0.717) is 22.7 Å². The van der Waals surface area contributed by atoms with Gasteiger partial charge in [0.15, 0.2) is 0 Å². The molecule has 8 nitrogen and oxygen atoms in total. The number of benzene rings is 2.